The number of fused-ring (bicyclic) bond motifs is 1. The average Bonchev–Trinajstić information content (AvgIpc) is 2.90. The number of para-hydroxylation sites is 2. The van der Waals surface area contributed by atoms with Crippen LogP contribution in [0.5, 0.6) is 5.75 Å². The summed E-state index contributed by atoms with van der Waals surface area (Å²) in [4.78, 5) is 35.5. The first-order valence-electron chi connectivity index (χ1n) is 12.6. The lowest BCUT2D eigenvalue weighted by Crippen LogP contribution is -2.44. The molecular formula is C30H28N4O4. The van der Waals surface area contributed by atoms with Crippen molar-refractivity contribution in [2.24, 2.45) is 0 Å². The van der Waals surface area contributed by atoms with Gasteiger partial charge in [-0.3, -0.25) is 9.59 Å². The van der Waals surface area contributed by atoms with Gasteiger partial charge >= 0.3 is 5.97 Å². The van der Waals surface area contributed by atoms with Gasteiger partial charge in [0, 0.05) is 36.8 Å². The largest absolute Gasteiger partial charge is 0.506 e. The summed E-state index contributed by atoms with van der Waals surface area (Å²) in [6.45, 7) is 1.01. The van der Waals surface area contributed by atoms with Crippen molar-refractivity contribution in [3.8, 4) is 17.0 Å². The molecule has 1 aliphatic rings. The number of nitrogens with one attached hydrogen (secondary N) is 1. The molecule has 5 rings (SSSR count). The normalized spacial score (nSPS) is 12.7. The lowest BCUT2D eigenvalue weighted by Gasteiger charge is -2.34. The Morgan fingerprint density at radius 1 is 0.921 bits per heavy atom. The molecule has 38 heavy (non-hydrogen) atoms. The molecule has 0 unspecified atom stereocenters. The summed E-state index contributed by atoms with van der Waals surface area (Å²) in [6, 6.07) is 22.2. The van der Waals surface area contributed by atoms with Crippen LogP contribution in [0.15, 0.2) is 84.6 Å². The second kappa shape index (κ2) is 11.1. The maximum Gasteiger partial charge on any atom is 0.303 e. The Hall–Kier alpha value is -4.72. The van der Waals surface area contributed by atoms with Crippen LogP contribution < -0.4 is 5.32 Å². The van der Waals surface area contributed by atoms with Gasteiger partial charge < -0.3 is 20.4 Å². The fourth-order valence-corrected chi connectivity index (χ4v) is 4.43. The van der Waals surface area contributed by atoms with E-state index in [1.165, 1.54) is 0 Å². The van der Waals surface area contributed by atoms with Crippen molar-refractivity contribution in [2.75, 3.05) is 18.4 Å². The highest BCUT2D eigenvalue weighted by Crippen LogP contribution is 2.27. The number of aliphatic carboxylic acids is 1. The number of hydrogen-bond donors (Lipinski definition) is 3. The molecule has 8 heteroatoms. The zero-order valence-corrected chi connectivity index (χ0v) is 20.8. The van der Waals surface area contributed by atoms with Crippen LogP contribution in [-0.4, -0.2) is 50.0 Å². The van der Waals surface area contributed by atoms with Crippen LogP contribution in [0.3, 0.4) is 0 Å². The Balaban J connectivity index is 1.33. The Labute approximate surface area is 220 Å². The molecule has 0 spiro atoms. The van der Waals surface area contributed by atoms with Gasteiger partial charge in [-0.1, -0.05) is 42.5 Å². The molecule has 3 aromatic carbocycles. The molecule has 8 nitrogen and oxygen atoms in total. The Bertz CT molecular complexity index is 1510. The van der Waals surface area contributed by atoms with Crippen molar-refractivity contribution in [2.45, 2.75) is 25.7 Å². The van der Waals surface area contributed by atoms with E-state index in [2.05, 4.69) is 5.32 Å². The van der Waals surface area contributed by atoms with Gasteiger partial charge in [-0.15, -0.1) is 0 Å². The van der Waals surface area contributed by atoms with E-state index in [0.717, 1.165) is 22.5 Å². The molecule has 0 radical (unpaired) electrons. The van der Waals surface area contributed by atoms with Gasteiger partial charge in [-0.2, -0.15) is 0 Å². The quantitative estimate of drug-likeness (QED) is 0.209. The molecule has 0 atom stereocenters. The van der Waals surface area contributed by atoms with Gasteiger partial charge in [-0.05, 0) is 55.2 Å². The standard InChI is InChI=1S/C30H28N4O4/c35-27-12-6-4-10-24(27)31-17-20-18-34(19-20)30(38)22-14-15-23-26(16-22)32-25(11-5-7-13-28(36)37)29(33-23)21-8-2-1-3-9-21/h1-4,6,8-10,12,14-17,31,35H,5,7,11,13,18-19H2,(H,36,37). The number of carbonyl (C=O) groups is 2. The third kappa shape index (κ3) is 5.64. The number of unbranched alkanes of at least 4 members (excludes halogenated alkanes) is 1. The van der Waals surface area contributed by atoms with Crippen LogP contribution >= 0.6 is 0 Å². The van der Waals surface area contributed by atoms with E-state index in [9.17, 15) is 14.7 Å². The second-order valence-corrected chi connectivity index (χ2v) is 9.31. The molecule has 1 saturated heterocycles. The smallest absolute Gasteiger partial charge is 0.303 e. The minimum atomic E-state index is -0.806. The van der Waals surface area contributed by atoms with Crippen molar-refractivity contribution in [3.05, 3.63) is 95.8 Å². The van der Waals surface area contributed by atoms with Crippen LogP contribution in [0, 0.1) is 0 Å². The van der Waals surface area contributed by atoms with E-state index in [4.69, 9.17) is 15.1 Å². The number of hydrogen-bond acceptors (Lipinski definition) is 6. The number of aryl methyl sites for hydroxylation is 1. The Morgan fingerprint density at radius 2 is 1.68 bits per heavy atom. The number of nitrogens with zero attached hydrogens (tertiary/aromatic N) is 3. The third-order valence-corrected chi connectivity index (χ3v) is 6.50. The minimum Gasteiger partial charge on any atom is -0.506 e. The number of benzene rings is 3. The molecule has 192 valence electrons. The Kier molecular flexibility index (Phi) is 7.31. The predicted octanol–water partition coefficient (Wildman–Crippen LogP) is 5.25. The monoisotopic (exact) mass is 508 g/mol. The van der Waals surface area contributed by atoms with E-state index >= 15 is 0 Å². The number of carboxylic acids is 1. The number of phenols is 1. The molecule has 0 saturated carbocycles. The molecule has 3 N–H and O–H groups in total. The molecular weight excluding hydrogens is 480 g/mol. The van der Waals surface area contributed by atoms with Crippen molar-refractivity contribution in [1.29, 1.82) is 0 Å². The van der Waals surface area contributed by atoms with E-state index < -0.39 is 5.97 Å². The number of likely N-dealkylation sites (tertiary alicyclic amines) is 1. The molecule has 1 aromatic heterocycles. The fourth-order valence-electron chi connectivity index (χ4n) is 4.43. The van der Waals surface area contributed by atoms with Crippen LogP contribution in [0.4, 0.5) is 5.69 Å². The number of carboxylic acid groups (broad SMARTS) is 1. The minimum absolute atomic E-state index is 0.0800. The fraction of sp³-hybridized carbons (Fsp3) is 0.200. The number of carbonyl (C=O) groups excluding carboxylic acids is 1. The first-order chi connectivity index (χ1) is 18.5. The molecule has 0 aliphatic carbocycles. The molecule has 1 amide bonds. The maximum absolute atomic E-state index is 13.1. The highest BCUT2D eigenvalue weighted by molar-refractivity contribution is 5.98. The molecule has 1 aliphatic heterocycles. The number of phenolic OH excluding ortho intramolecular Hbond substituents is 1. The number of aromatic nitrogens is 2. The highest BCUT2D eigenvalue weighted by Gasteiger charge is 2.26. The maximum atomic E-state index is 13.1. The van der Waals surface area contributed by atoms with Crippen molar-refractivity contribution < 1.29 is 19.8 Å². The number of aromatic hydroxyl groups is 1. The van der Waals surface area contributed by atoms with Crippen LogP contribution in [-0.2, 0) is 11.2 Å². The van der Waals surface area contributed by atoms with Gasteiger partial charge in [0.15, 0.2) is 0 Å². The molecule has 1 fully saturated rings. The van der Waals surface area contributed by atoms with E-state index in [1.54, 1.807) is 35.2 Å². The van der Waals surface area contributed by atoms with E-state index in [1.807, 2.05) is 48.7 Å². The van der Waals surface area contributed by atoms with E-state index in [-0.39, 0.29) is 18.1 Å². The first kappa shape index (κ1) is 25.0. The van der Waals surface area contributed by atoms with Gasteiger partial charge in [0.1, 0.15) is 5.75 Å². The SMILES string of the molecule is O=C(O)CCCCc1nc2cc(C(=O)N3CC(=CNc4ccccc4O)C3)ccc2nc1-c1ccccc1. The summed E-state index contributed by atoms with van der Waals surface area (Å²) >= 11 is 0. The molecule has 4 aromatic rings. The van der Waals surface area contributed by atoms with Crippen LogP contribution in [0.25, 0.3) is 22.3 Å². The lowest BCUT2D eigenvalue weighted by atomic mass is 10.0. The van der Waals surface area contributed by atoms with Gasteiger partial charge in [0.2, 0.25) is 0 Å². The number of amides is 1. The summed E-state index contributed by atoms with van der Waals surface area (Å²) in [7, 11) is 0. The van der Waals surface area contributed by atoms with E-state index in [0.29, 0.717) is 54.6 Å². The zero-order valence-electron chi connectivity index (χ0n) is 20.8. The van der Waals surface area contributed by atoms with Gasteiger partial charge in [0.05, 0.1) is 28.1 Å². The summed E-state index contributed by atoms with van der Waals surface area (Å²) in [5, 5.41) is 21.9. The summed E-state index contributed by atoms with van der Waals surface area (Å²) in [5.41, 5.74) is 6.08. The predicted molar refractivity (Wildman–Crippen MR) is 146 cm³/mol. The molecule has 0 bridgehead atoms. The number of anilines is 1. The third-order valence-electron chi connectivity index (χ3n) is 6.50. The highest BCUT2D eigenvalue weighted by atomic mass is 16.4. The first-order valence-corrected chi connectivity index (χ1v) is 12.6. The summed E-state index contributed by atoms with van der Waals surface area (Å²) in [6.07, 6.45) is 3.79. The second-order valence-electron chi connectivity index (χ2n) is 9.31. The van der Waals surface area contributed by atoms with Crippen LogP contribution in [0.2, 0.25) is 0 Å². The number of rotatable bonds is 9. The van der Waals surface area contributed by atoms with Gasteiger partial charge in [-0.25, -0.2) is 9.97 Å². The molecule has 2 heterocycles. The van der Waals surface area contributed by atoms with Crippen molar-refractivity contribution >= 4 is 28.6 Å². The van der Waals surface area contributed by atoms with Crippen molar-refractivity contribution in [3.63, 3.8) is 0 Å². The lowest BCUT2D eigenvalue weighted by molar-refractivity contribution is -0.137. The summed E-state index contributed by atoms with van der Waals surface area (Å²) < 4.78 is 0. The summed E-state index contributed by atoms with van der Waals surface area (Å²) in [5.74, 6) is -0.715. The van der Waals surface area contributed by atoms with Gasteiger partial charge in [0.25, 0.3) is 5.91 Å². The van der Waals surface area contributed by atoms with Crippen molar-refractivity contribution in [1.82, 2.24) is 14.9 Å². The Morgan fingerprint density at radius 3 is 2.45 bits per heavy atom. The topological polar surface area (TPSA) is 116 Å². The van der Waals surface area contributed by atoms with Crippen LogP contribution in [0.1, 0.15) is 35.3 Å². The zero-order chi connectivity index (χ0) is 26.5. The average molecular weight is 509 g/mol.